The van der Waals surface area contributed by atoms with Crippen molar-refractivity contribution in [1.82, 2.24) is 0 Å². The first-order valence-electron chi connectivity index (χ1n) is 7.45. The molecule has 0 aliphatic carbocycles. The molecule has 0 amide bonds. The van der Waals surface area contributed by atoms with Crippen molar-refractivity contribution in [1.29, 1.82) is 5.26 Å². The Balaban J connectivity index is 1.80. The number of benzene rings is 3. The van der Waals surface area contributed by atoms with Crippen molar-refractivity contribution in [2.24, 2.45) is 0 Å². The van der Waals surface area contributed by atoms with Gasteiger partial charge in [-0.25, -0.2) is 0 Å². The van der Waals surface area contributed by atoms with Crippen LogP contribution in [-0.2, 0) is 0 Å². The van der Waals surface area contributed by atoms with E-state index in [2.05, 4.69) is 6.07 Å². The molecule has 0 aromatic heterocycles. The quantitative estimate of drug-likeness (QED) is 0.473. The molecule has 4 heteroatoms. The third kappa shape index (κ3) is 2.58. The summed E-state index contributed by atoms with van der Waals surface area (Å²) in [5.41, 5.74) is 2.12. The summed E-state index contributed by atoms with van der Waals surface area (Å²) in [4.78, 5) is 0. The molecular weight excluding hydrogens is 322 g/mol. The summed E-state index contributed by atoms with van der Waals surface area (Å²) in [5, 5.41) is 12.3. The van der Waals surface area contributed by atoms with Gasteiger partial charge in [0.15, 0.2) is 11.5 Å². The number of nitrogens with zero attached hydrogens (tertiary/aromatic N) is 1. The van der Waals surface area contributed by atoms with Crippen LogP contribution in [-0.4, -0.2) is 6.79 Å². The molecule has 3 aromatic carbocycles. The van der Waals surface area contributed by atoms with E-state index in [1.165, 1.54) is 0 Å². The molecule has 0 saturated heterocycles. The van der Waals surface area contributed by atoms with E-state index in [4.69, 9.17) is 21.1 Å². The Bertz CT molecular complexity index is 1020. The average Bonchev–Trinajstić information content (AvgIpc) is 3.06. The third-order valence-electron chi connectivity index (χ3n) is 3.97. The molecule has 1 aliphatic heterocycles. The lowest BCUT2D eigenvalue weighted by atomic mass is 10.00. The van der Waals surface area contributed by atoms with Gasteiger partial charge in [-0.05, 0) is 40.1 Å². The summed E-state index contributed by atoms with van der Waals surface area (Å²) >= 11 is 6.30. The van der Waals surface area contributed by atoms with E-state index < -0.39 is 0 Å². The molecule has 1 heterocycles. The van der Waals surface area contributed by atoms with Crippen molar-refractivity contribution in [3.63, 3.8) is 0 Å². The van der Waals surface area contributed by atoms with E-state index in [1.54, 1.807) is 18.2 Å². The van der Waals surface area contributed by atoms with Gasteiger partial charge in [-0.1, -0.05) is 48.0 Å². The molecule has 0 spiro atoms. The number of rotatable bonds is 2. The number of fused-ring (bicyclic) bond motifs is 2. The second-order valence-corrected chi connectivity index (χ2v) is 5.87. The maximum atomic E-state index is 9.58. The van der Waals surface area contributed by atoms with E-state index in [1.807, 2.05) is 42.5 Å². The molecule has 3 nitrogen and oxygen atoms in total. The smallest absolute Gasteiger partial charge is 0.231 e. The lowest BCUT2D eigenvalue weighted by Gasteiger charge is -2.05. The van der Waals surface area contributed by atoms with E-state index in [0.717, 1.165) is 21.9 Å². The van der Waals surface area contributed by atoms with Gasteiger partial charge in [0.25, 0.3) is 0 Å². The second kappa shape index (κ2) is 5.92. The van der Waals surface area contributed by atoms with Gasteiger partial charge in [0.05, 0.1) is 16.7 Å². The highest BCUT2D eigenvalue weighted by molar-refractivity contribution is 6.32. The summed E-state index contributed by atoms with van der Waals surface area (Å²) in [7, 11) is 0. The van der Waals surface area contributed by atoms with Gasteiger partial charge < -0.3 is 9.47 Å². The largest absolute Gasteiger partial charge is 0.454 e. The lowest BCUT2D eigenvalue weighted by Crippen LogP contribution is -1.92. The molecule has 0 bridgehead atoms. The predicted molar refractivity (Wildman–Crippen MR) is 95.0 cm³/mol. The Labute approximate surface area is 144 Å². The first-order chi connectivity index (χ1) is 11.7. The van der Waals surface area contributed by atoms with Crippen molar-refractivity contribution in [3.8, 4) is 17.6 Å². The summed E-state index contributed by atoms with van der Waals surface area (Å²) in [6.07, 6.45) is 1.77. The Morgan fingerprint density at radius 2 is 1.75 bits per heavy atom. The topological polar surface area (TPSA) is 42.2 Å². The summed E-state index contributed by atoms with van der Waals surface area (Å²) in [6, 6.07) is 19.8. The molecule has 0 saturated carbocycles. The zero-order valence-electron chi connectivity index (χ0n) is 12.6. The van der Waals surface area contributed by atoms with Gasteiger partial charge in [0.2, 0.25) is 6.79 Å². The van der Waals surface area contributed by atoms with E-state index >= 15 is 0 Å². The molecule has 116 valence electrons. The fraction of sp³-hybridized carbons (Fsp3) is 0.0500. The van der Waals surface area contributed by atoms with Crippen LogP contribution in [0.5, 0.6) is 11.5 Å². The Morgan fingerprint density at radius 3 is 2.54 bits per heavy atom. The molecule has 0 N–H and O–H groups in total. The van der Waals surface area contributed by atoms with Crippen LogP contribution in [0, 0.1) is 11.3 Å². The maximum Gasteiger partial charge on any atom is 0.231 e. The summed E-state index contributed by atoms with van der Waals surface area (Å²) in [6.45, 7) is 0.189. The van der Waals surface area contributed by atoms with Crippen molar-refractivity contribution in [2.45, 2.75) is 0 Å². The zero-order chi connectivity index (χ0) is 16.5. The first kappa shape index (κ1) is 14.6. The molecule has 4 rings (SSSR count). The van der Waals surface area contributed by atoms with Gasteiger partial charge in [0, 0.05) is 6.07 Å². The average molecular weight is 334 g/mol. The minimum Gasteiger partial charge on any atom is -0.454 e. The number of halogens is 1. The maximum absolute atomic E-state index is 9.58. The van der Waals surface area contributed by atoms with Gasteiger partial charge in [-0.15, -0.1) is 0 Å². The first-order valence-corrected chi connectivity index (χ1v) is 7.82. The number of allylic oxidation sites excluding steroid dienone is 1. The van der Waals surface area contributed by atoms with Crippen LogP contribution in [0.3, 0.4) is 0 Å². The SMILES string of the molecule is N#C/C(=C/c1cc2c(cc1Cl)OCO2)c1ccc2ccccc2c1. The van der Waals surface area contributed by atoms with Gasteiger partial charge in [-0.3, -0.25) is 0 Å². The minimum atomic E-state index is 0.189. The number of hydrogen-bond donors (Lipinski definition) is 0. The molecule has 1 aliphatic rings. The van der Waals surface area contributed by atoms with Crippen LogP contribution in [0.1, 0.15) is 11.1 Å². The number of ether oxygens (including phenoxy) is 2. The highest BCUT2D eigenvalue weighted by atomic mass is 35.5. The van der Waals surface area contributed by atoms with E-state index in [0.29, 0.717) is 22.1 Å². The molecule has 0 fully saturated rings. The van der Waals surface area contributed by atoms with Crippen LogP contribution >= 0.6 is 11.6 Å². The van der Waals surface area contributed by atoms with Crippen molar-refractivity contribution >= 4 is 34.0 Å². The molecule has 24 heavy (non-hydrogen) atoms. The van der Waals surface area contributed by atoms with Crippen LogP contribution in [0.15, 0.2) is 54.6 Å². The van der Waals surface area contributed by atoms with Crippen LogP contribution in [0.25, 0.3) is 22.4 Å². The second-order valence-electron chi connectivity index (χ2n) is 5.46. The van der Waals surface area contributed by atoms with Crippen LogP contribution < -0.4 is 9.47 Å². The Morgan fingerprint density at radius 1 is 1.00 bits per heavy atom. The normalized spacial score (nSPS) is 13.1. The fourth-order valence-corrected chi connectivity index (χ4v) is 2.94. The van der Waals surface area contributed by atoms with E-state index in [9.17, 15) is 5.26 Å². The van der Waals surface area contributed by atoms with E-state index in [-0.39, 0.29) is 6.79 Å². The van der Waals surface area contributed by atoms with Crippen molar-refractivity contribution < 1.29 is 9.47 Å². The van der Waals surface area contributed by atoms with Crippen LogP contribution in [0.2, 0.25) is 5.02 Å². The Kier molecular flexibility index (Phi) is 3.60. The predicted octanol–water partition coefficient (Wildman–Crippen LogP) is 5.29. The zero-order valence-corrected chi connectivity index (χ0v) is 13.4. The van der Waals surface area contributed by atoms with Gasteiger partial charge in [-0.2, -0.15) is 5.26 Å². The molecule has 0 radical (unpaired) electrons. The number of hydrogen-bond acceptors (Lipinski definition) is 3. The monoisotopic (exact) mass is 333 g/mol. The highest BCUT2D eigenvalue weighted by Crippen LogP contribution is 2.38. The summed E-state index contributed by atoms with van der Waals surface area (Å²) in [5.74, 6) is 1.27. The lowest BCUT2D eigenvalue weighted by molar-refractivity contribution is 0.174. The molecule has 3 aromatic rings. The fourth-order valence-electron chi connectivity index (χ4n) is 2.74. The summed E-state index contributed by atoms with van der Waals surface area (Å²) < 4.78 is 10.7. The third-order valence-corrected chi connectivity index (χ3v) is 4.30. The van der Waals surface area contributed by atoms with Gasteiger partial charge in [0.1, 0.15) is 0 Å². The molecule has 0 atom stereocenters. The molecular formula is C20H12ClNO2. The molecule has 0 unspecified atom stereocenters. The minimum absolute atomic E-state index is 0.189. The standard InChI is InChI=1S/C20H12ClNO2/c21-18-10-20-19(23-12-24-20)9-16(18)8-17(11-22)15-6-5-13-3-1-2-4-14(13)7-15/h1-10H,12H2/b17-8-. The number of nitriles is 1. The van der Waals surface area contributed by atoms with Crippen molar-refractivity contribution in [3.05, 3.63) is 70.7 Å². The Hall–Kier alpha value is -2.96. The highest BCUT2D eigenvalue weighted by Gasteiger charge is 2.16. The van der Waals surface area contributed by atoms with Gasteiger partial charge >= 0.3 is 0 Å². The van der Waals surface area contributed by atoms with Crippen LogP contribution in [0.4, 0.5) is 0 Å². The van der Waals surface area contributed by atoms with Crippen molar-refractivity contribution in [2.75, 3.05) is 6.79 Å².